The lowest BCUT2D eigenvalue weighted by molar-refractivity contribution is -0.659. The normalized spacial score (nSPS) is 15.8. The molecule has 4 aromatic carbocycles. The molecule has 3 heteroatoms. The second-order valence-electron chi connectivity index (χ2n) is 13.0. The first-order valence-corrected chi connectivity index (χ1v) is 15.2. The number of benzene rings is 4. The predicted octanol–water partition coefficient (Wildman–Crippen LogP) is 9.20. The van der Waals surface area contributed by atoms with Crippen LogP contribution < -0.4 is 4.57 Å². The summed E-state index contributed by atoms with van der Waals surface area (Å²) in [7, 11) is 2.23. The van der Waals surface area contributed by atoms with Gasteiger partial charge in [-0.1, -0.05) is 74.5 Å². The van der Waals surface area contributed by atoms with Crippen LogP contribution in [-0.4, -0.2) is 13.2 Å². The molecule has 0 bridgehead atoms. The molecule has 0 radical (unpaired) electrons. The highest BCUT2D eigenvalue weighted by atomic mass is 32.2. The van der Waals surface area contributed by atoms with E-state index < -0.39 is 0 Å². The van der Waals surface area contributed by atoms with Gasteiger partial charge < -0.3 is 4.74 Å². The molecular weight excluding hydrogens is 494 g/mol. The number of hydrogen-bond acceptors (Lipinski definition) is 2. The highest BCUT2D eigenvalue weighted by Gasteiger charge is 2.34. The third-order valence-corrected chi connectivity index (χ3v) is 10.0. The fraction of sp³-hybridized carbons (Fsp3) is 0.361. The van der Waals surface area contributed by atoms with Crippen LogP contribution in [0.1, 0.15) is 61.8 Å². The van der Waals surface area contributed by atoms with E-state index in [1.807, 2.05) is 11.8 Å². The van der Waals surface area contributed by atoms with Gasteiger partial charge in [0.25, 0.3) is 0 Å². The van der Waals surface area contributed by atoms with Crippen molar-refractivity contribution in [3.8, 4) is 11.3 Å². The monoisotopic (exact) mass is 532 g/mol. The third-order valence-electron chi connectivity index (χ3n) is 8.85. The van der Waals surface area contributed by atoms with Crippen molar-refractivity contribution in [1.29, 1.82) is 0 Å². The maximum atomic E-state index is 5.74. The SMILES string of the molecule is Cc1ccc2c(CC(C)(C)C)c3c(c(C)c2c1)-c1c2c(cc4cccc(C5CCOCC5)c4c2cc[n+]1C)S3. The van der Waals surface area contributed by atoms with Crippen LogP contribution in [0, 0.1) is 19.3 Å². The first-order valence-electron chi connectivity index (χ1n) is 14.4. The minimum Gasteiger partial charge on any atom is -0.381 e. The standard InChI is InChI=1S/C36H38NOS/c1-21-10-11-26-28(18-21)22(2)31-34-33-27(12-15-37(34)6)32-24(8-7-9-25(32)23-13-16-38-17-14-23)19-30(33)39-35(31)29(26)20-36(3,4)5/h7-12,15,18-19,23H,13-14,16-17,20H2,1-6H3/q+1. The molecule has 1 saturated heterocycles. The summed E-state index contributed by atoms with van der Waals surface area (Å²) in [6.07, 6.45) is 5.56. The zero-order chi connectivity index (χ0) is 27.1. The number of pyridine rings is 1. The van der Waals surface area contributed by atoms with Crippen LogP contribution in [0.4, 0.5) is 0 Å². The van der Waals surface area contributed by atoms with Gasteiger partial charge in [0.05, 0.1) is 10.9 Å². The van der Waals surface area contributed by atoms with Gasteiger partial charge in [0.15, 0.2) is 6.20 Å². The van der Waals surface area contributed by atoms with E-state index in [1.165, 1.54) is 75.6 Å². The fourth-order valence-electron chi connectivity index (χ4n) is 7.09. The topological polar surface area (TPSA) is 13.1 Å². The molecule has 39 heavy (non-hydrogen) atoms. The lowest BCUT2D eigenvalue weighted by Gasteiger charge is -2.29. The quantitative estimate of drug-likeness (QED) is 0.163. The number of hydrogen-bond donors (Lipinski definition) is 0. The van der Waals surface area contributed by atoms with Crippen LogP contribution in [0.5, 0.6) is 0 Å². The summed E-state index contributed by atoms with van der Waals surface area (Å²) in [5, 5.41) is 8.44. The molecule has 0 amide bonds. The number of aromatic nitrogens is 1. The first kappa shape index (κ1) is 25.1. The summed E-state index contributed by atoms with van der Waals surface area (Å²) in [6.45, 7) is 13.4. The second kappa shape index (κ2) is 9.08. The van der Waals surface area contributed by atoms with Crippen LogP contribution in [0.15, 0.2) is 64.5 Å². The molecule has 0 N–H and O–H groups in total. The predicted molar refractivity (Wildman–Crippen MR) is 165 cm³/mol. The molecule has 0 atom stereocenters. The van der Waals surface area contributed by atoms with Crippen molar-refractivity contribution in [3.63, 3.8) is 0 Å². The number of ether oxygens (including phenoxy) is 1. The summed E-state index contributed by atoms with van der Waals surface area (Å²) in [5.74, 6) is 0.559. The first-order chi connectivity index (χ1) is 18.7. The van der Waals surface area contributed by atoms with E-state index in [-0.39, 0.29) is 5.41 Å². The maximum Gasteiger partial charge on any atom is 0.222 e. The van der Waals surface area contributed by atoms with E-state index >= 15 is 0 Å². The van der Waals surface area contributed by atoms with Gasteiger partial charge in [0.2, 0.25) is 5.69 Å². The molecule has 0 unspecified atom stereocenters. The molecule has 0 spiro atoms. The number of aryl methyl sites for hydroxylation is 3. The van der Waals surface area contributed by atoms with Crippen LogP contribution >= 0.6 is 11.8 Å². The van der Waals surface area contributed by atoms with E-state index in [0.29, 0.717) is 5.92 Å². The summed E-state index contributed by atoms with van der Waals surface area (Å²) in [5.41, 5.74) is 8.72. The zero-order valence-electron chi connectivity index (χ0n) is 24.1. The Morgan fingerprint density at radius 3 is 2.49 bits per heavy atom. The molecule has 0 saturated carbocycles. The van der Waals surface area contributed by atoms with Crippen molar-refractivity contribution in [2.24, 2.45) is 12.5 Å². The largest absolute Gasteiger partial charge is 0.381 e. The Bertz CT molecular complexity index is 1800. The van der Waals surface area contributed by atoms with Crippen molar-refractivity contribution in [2.45, 2.75) is 69.6 Å². The van der Waals surface area contributed by atoms with Crippen molar-refractivity contribution in [2.75, 3.05) is 13.2 Å². The summed E-state index contributed by atoms with van der Waals surface area (Å²) >= 11 is 2.01. The highest BCUT2D eigenvalue weighted by molar-refractivity contribution is 8.00. The molecule has 2 nitrogen and oxygen atoms in total. The Balaban J connectivity index is 1.61. The molecule has 3 heterocycles. The van der Waals surface area contributed by atoms with E-state index in [0.717, 1.165) is 32.5 Å². The van der Waals surface area contributed by atoms with E-state index in [9.17, 15) is 0 Å². The molecule has 0 aliphatic carbocycles. The molecular formula is C36H38NOS+. The smallest absolute Gasteiger partial charge is 0.222 e. The van der Waals surface area contributed by atoms with E-state index in [2.05, 4.69) is 101 Å². The Labute approximate surface area is 236 Å². The van der Waals surface area contributed by atoms with Crippen molar-refractivity contribution in [1.82, 2.24) is 0 Å². The molecule has 1 fully saturated rings. The van der Waals surface area contributed by atoms with Crippen LogP contribution in [-0.2, 0) is 18.2 Å². The van der Waals surface area contributed by atoms with Gasteiger partial charge >= 0.3 is 0 Å². The maximum absolute atomic E-state index is 5.74. The van der Waals surface area contributed by atoms with Crippen LogP contribution in [0.25, 0.3) is 43.6 Å². The molecule has 2 aliphatic rings. The molecule has 7 rings (SSSR count). The summed E-state index contributed by atoms with van der Waals surface area (Å²) < 4.78 is 8.11. The number of nitrogens with zero attached hydrogens (tertiary/aromatic N) is 1. The average molecular weight is 533 g/mol. The second-order valence-corrected chi connectivity index (χ2v) is 14.0. The van der Waals surface area contributed by atoms with Crippen LogP contribution in [0.3, 0.4) is 0 Å². The van der Waals surface area contributed by atoms with Gasteiger partial charge in [-0.3, -0.25) is 0 Å². The Hall–Kier alpha value is -2.88. The molecule has 198 valence electrons. The molecule has 5 aromatic rings. The lowest BCUT2D eigenvalue weighted by atomic mass is 9.82. The third kappa shape index (κ3) is 4.00. The fourth-order valence-corrected chi connectivity index (χ4v) is 8.46. The Morgan fingerprint density at radius 1 is 0.923 bits per heavy atom. The number of fused-ring (bicyclic) bond motifs is 5. The van der Waals surface area contributed by atoms with Gasteiger partial charge in [-0.05, 0) is 88.7 Å². The van der Waals surface area contributed by atoms with E-state index in [1.54, 1.807) is 0 Å². The zero-order valence-corrected chi connectivity index (χ0v) is 24.9. The van der Waals surface area contributed by atoms with Gasteiger partial charge in [0.1, 0.15) is 7.05 Å². The summed E-state index contributed by atoms with van der Waals surface area (Å²) in [4.78, 5) is 2.84. The molecule has 1 aromatic heterocycles. The van der Waals surface area contributed by atoms with Crippen molar-refractivity contribution >= 4 is 44.1 Å². The average Bonchev–Trinajstić information content (AvgIpc) is 2.91. The highest BCUT2D eigenvalue weighted by Crippen LogP contribution is 2.54. The Morgan fingerprint density at radius 2 is 1.72 bits per heavy atom. The van der Waals surface area contributed by atoms with Crippen molar-refractivity contribution < 1.29 is 9.30 Å². The van der Waals surface area contributed by atoms with Gasteiger partial charge in [0, 0.05) is 34.5 Å². The van der Waals surface area contributed by atoms with Gasteiger partial charge in [-0.2, -0.15) is 0 Å². The lowest BCUT2D eigenvalue weighted by Crippen LogP contribution is -2.32. The number of rotatable bonds is 2. The van der Waals surface area contributed by atoms with Crippen molar-refractivity contribution in [3.05, 3.63) is 77.0 Å². The Kier molecular flexibility index (Phi) is 5.84. The van der Waals surface area contributed by atoms with E-state index in [4.69, 9.17) is 4.74 Å². The minimum atomic E-state index is 0.192. The van der Waals surface area contributed by atoms with Gasteiger partial charge in [-0.15, -0.1) is 0 Å². The minimum absolute atomic E-state index is 0.192. The summed E-state index contributed by atoms with van der Waals surface area (Å²) in [6, 6.07) is 18.9. The van der Waals surface area contributed by atoms with Gasteiger partial charge in [-0.25, -0.2) is 4.57 Å². The molecule has 2 aliphatic heterocycles. The van der Waals surface area contributed by atoms with Crippen LogP contribution in [0.2, 0.25) is 0 Å².